The molecule has 1 aromatic heterocycles. The number of fused-ring (bicyclic) bond motifs is 4. The molecule has 0 radical (unpaired) electrons. The Kier molecular flexibility index (Phi) is 41.2. The van der Waals surface area contributed by atoms with Gasteiger partial charge >= 0.3 is 24.1 Å². The van der Waals surface area contributed by atoms with E-state index in [9.17, 15) is 28.8 Å². The Morgan fingerprint density at radius 3 is 1.44 bits per heavy atom. The standard InChI is InChI=1S/C31H32N4O5.C23H19NO.C9H16N4O4.2CH4.S20/c1-18-6-7-21-15-22-12-13-26(36)28(22)27(23(21)14-18)20-10-8-19(9-11-20)24-16-35(34-33-24)17-25(29(37)39-5)32-30(38)40-31(2,3)4;1-4-15-5-7-16(8-6-15)22-20-14-19(24(2)3)11-9-17(20)13-18-10-12-21(25)23(18)22;1-9(2,3)17-8(15)12-6(5-11-13-10)7(14)16-4;;;1-3-5-7-9-11-13-15-17-19-20-18-16-14-12-10-8-6-4-2/h6-11,14-16,25H,12-13,17H2,1-5H3,(H,32,38);1,5-9,11,13-14H,10,12H2,2-3H3;6H,5H2,1-4H3,(H,12,15);2*1H4;/t25-;;6-;;;/m1.1.../s1. The van der Waals surface area contributed by atoms with E-state index in [-0.39, 0.29) is 39.5 Å². The molecule has 7 aromatic rings. The Bertz CT molecular complexity index is 5260. The number of carbonyl (C=O) groups is 6. The van der Waals surface area contributed by atoms with Crippen LogP contribution in [-0.4, -0.2) is 109 Å². The van der Waals surface area contributed by atoms with Crippen molar-refractivity contribution in [3.8, 4) is 45.9 Å². The highest BCUT2D eigenvalue weighted by Gasteiger charge is 2.30. The monoisotopic (exact) mass is 1780 g/mol. The minimum absolute atomic E-state index is 0. The van der Waals surface area contributed by atoms with Crippen LogP contribution in [0.1, 0.15) is 112 Å². The number of aromatic nitrogens is 3. The molecule has 2 N–H and O–H groups in total. The van der Waals surface area contributed by atoms with Crippen molar-refractivity contribution in [1.29, 1.82) is 0 Å². The Balaban J connectivity index is 0.000000311. The van der Waals surface area contributed by atoms with Crippen molar-refractivity contribution in [1.82, 2.24) is 25.6 Å². The Morgan fingerprint density at radius 2 is 1.02 bits per heavy atom. The molecule has 0 bridgehead atoms. The molecule has 2 aliphatic rings. The first-order chi connectivity index (χ1) is 48.8. The predicted octanol–water partition coefficient (Wildman–Crippen LogP) is 12.5. The highest BCUT2D eigenvalue weighted by Crippen LogP contribution is 2.42. The number of carbonyl (C=O) groups excluding carboxylic acids is 6. The first-order valence-corrected chi connectivity index (χ1v) is 55.0. The van der Waals surface area contributed by atoms with E-state index in [0.29, 0.717) is 18.5 Å². The number of benzene rings is 6. The molecule has 2 atom stereocenters. The molecular formula is C65H75N9O10S20. The molecule has 9 rings (SSSR count). The van der Waals surface area contributed by atoms with Gasteiger partial charge in [0.1, 0.15) is 29.0 Å². The first kappa shape index (κ1) is 91.3. The van der Waals surface area contributed by atoms with Crippen LogP contribution in [0.25, 0.3) is 65.5 Å². The van der Waals surface area contributed by atoms with E-state index in [1.165, 1.54) is 42.0 Å². The predicted molar refractivity (Wildman–Crippen MR) is 475 cm³/mol. The summed E-state index contributed by atoms with van der Waals surface area (Å²) in [5.41, 5.74) is 19.3. The Hall–Kier alpha value is -5.13. The highest BCUT2D eigenvalue weighted by atomic mass is 33.5. The molecular weight excluding hydrogens is 1710 g/mol. The molecule has 104 heavy (non-hydrogen) atoms. The number of azide groups is 1. The van der Waals surface area contributed by atoms with Crippen LogP contribution in [-0.2, 0) is 230 Å². The van der Waals surface area contributed by atoms with Crippen LogP contribution in [0.4, 0.5) is 15.3 Å². The molecule has 0 saturated carbocycles. The number of nitrogens with zero attached hydrogens (tertiary/aromatic N) is 7. The number of aryl methyl sites for hydroxylation is 3. The number of amides is 2. The summed E-state index contributed by atoms with van der Waals surface area (Å²) in [6.07, 6.45) is 8.41. The van der Waals surface area contributed by atoms with E-state index in [4.69, 9.17) is 48.5 Å². The summed E-state index contributed by atoms with van der Waals surface area (Å²) in [7, 11) is 37.3. The fraction of sp³-hybridized carbons (Fsp3) is 0.354. The van der Waals surface area contributed by atoms with Crippen molar-refractivity contribution in [2.24, 2.45) is 5.11 Å². The van der Waals surface area contributed by atoms with Gasteiger partial charge < -0.3 is 34.5 Å². The second-order valence-electron chi connectivity index (χ2n) is 23.1. The molecule has 1 heterocycles. The first-order valence-electron chi connectivity index (χ1n) is 29.7. The van der Waals surface area contributed by atoms with Crippen LogP contribution in [0.2, 0.25) is 0 Å². The number of esters is 2. The van der Waals surface area contributed by atoms with E-state index in [1.54, 1.807) is 190 Å². The van der Waals surface area contributed by atoms with Gasteiger partial charge in [0.05, 0.1) is 33.5 Å². The number of anilines is 1. The number of methoxy groups -OCH3 is 2. The Labute approximate surface area is 667 Å². The van der Waals surface area contributed by atoms with Gasteiger partial charge in [-0.15, -0.1) is 11.5 Å². The second kappa shape index (κ2) is 46.9. The fourth-order valence-corrected chi connectivity index (χ4v) is 53.7. The lowest BCUT2D eigenvalue weighted by Gasteiger charge is -2.22. The zero-order valence-corrected chi connectivity index (χ0v) is 72.5. The molecule has 0 aliphatic heterocycles. The molecule has 560 valence electrons. The van der Waals surface area contributed by atoms with E-state index in [2.05, 4.69) is 102 Å². The van der Waals surface area contributed by atoms with E-state index in [1.807, 2.05) is 62.6 Å². The average molecular weight is 1780 g/mol. The van der Waals surface area contributed by atoms with Crippen molar-refractivity contribution < 1.29 is 47.7 Å². The molecule has 39 heteroatoms. The summed E-state index contributed by atoms with van der Waals surface area (Å²) < 4.78 is 21.0. The molecule has 19 nitrogen and oxygen atoms in total. The molecule has 2 amide bonds. The van der Waals surface area contributed by atoms with Gasteiger partial charge in [0.15, 0.2) is 11.6 Å². The number of rotatable bonds is 12. The minimum Gasteiger partial charge on any atom is -0.467 e. The lowest BCUT2D eigenvalue weighted by Crippen LogP contribution is -2.46. The lowest BCUT2D eigenvalue weighted by molar-refractivity contribution is -0.144. The maximum Gasteiger partial charge on any atom is 0.408 e. The van der Waals surface area contributed by atoms with Crippen molar-refractivity contribution in [3.05, 3.63) is 147 Å². The average Bonchev–Trinajstić information content (AvgIpc) is 1.45. The summed E-state index contributed by atoms with van der Waals surface area (Å²) in [6, 6.07) is 30.9. The van der Waals surface area contributed by atoms with Gasteiger partial charge in [-0.05, 0) is 135 Å². The number of hydrogen-bond acceptors (Lipinski definition) is 16. The van der Waals surface area contributed by atoms with Crippen molar-refractivity contribution in [2.75, 3.05) is 39.8 Å². The maximum atomic E-state index is 12.9. The summed E-state index contributed by atoms with van der Waals surface area (Å²) >= 11 is 9.51. The SMILES string of the molecule is C.C.C#Cc1ccc(-c2c3c(cc4ccc(N(C)C)cc24)CCC3=O)cc1.COC(=O)[C@@H](CN=[N+]=[N-])NC(=O)OC(C)(C)C.COC(=O)[C@@H](Cn1cc(-c2ccc(-c3c4c(cc5ccc(C)cc35)CCC4=O)cc2)nn1)NC(=O)OC(C)(C)C.S=S=S=S=S=S=S=S=S=S=S=S=S=S=S=S=S=S=S=S. The van der Waals surface area contributed by atoms with Crippen LogP contribution in [0, 0.1) is 19.3 Å². The molecule has 0 spiro atoms. The third-order valence-corrected chi connectivity index (χ3v) is 51.6. The highest BCUT2D eigenvalue weighted by molar-refractivity contribution is 8.78. The second-order valence-corrected chi connectivity index (χ2v) is 55.0. The smallest absolute Gasteiger partial charge is 0.408 e. The largest absolute Gasteiger partial charge is 0.467 e. The number of terminal acetylenes is 1. The number of hydrogen-bond donors (Lipinski definition) is 2. The molecule has 0 unspecified atom stereocenters. The van der Waals surface area contributed by atoms with Gasteiger partial charge in [-0.25, -0.2) is 23.9 Å². The summed E-state index contributed by atoms with van der Waals surface area (Å²) in [5.74, 6) is 1.74. The van der Waals surface area contributed by atoms with Crippen molar-refractivity contribution >= 4 is 245 Å². The zero-order chi connectivity index (χ0) is 74.4. The summed E-state index contributed by atoms with van der Waals surface area (Å²) in [6.45, 7) is 12.1. The number of ether oxygens (including phenoxy) is 4. The molecule has 0 fully saturated rings. The van der Waals surface area contributed by atoms with Gasteiger partial charge in [0.2, 0.25) is 0 Å². The van der Waals surface area contributed by atoms with Crippen molar-refractivity contribution in [3.63, 3.8) is 0 Å². The summed E-state index contributed by atoms with van der Waals surface area (Å²) in [5, 5.41) is 20.9. The fourth-order valence-electron chi connectivity index (χ4n) is 9.75. The van der Waals surface area contributed by atoms with Crippen LogP contribution in [0.3, 0.4) is 0 Å². The molecule has 0 saturated heterocycles. The molecule has 2 aliphatic carbocycles. The van der Waals surface area contributed by atoms with Gasteiger partial charge in [-0.1, -0.05) is 109 Å². The normalized spacial score (nSPS) is 11.8. The number of nitrogens with one attached hydrogen (secondary N) is 2. The number of alkyl carbamates (subject to hydrolysis) is 2. The van der Waals surface area contributed by atoms with Crippen LogP contribution in [0.15, 0.2) is 108 Å². The van der Waals surface area contributed by atoms with Gasteiger partial charge in [-0.2, -0.15) is 0 Å². The van der Waals surface area contributed by atoms with Gasteiger partial charge in [-0.3, -0.25) is 9.59 Å². The minimum atomic E-state index is -1.05. The van der Waals surface area contributed by atoms with E-state index < -0.39 is 47.4 Å². The van der Waals surface area contributed by atoms with Gasteiger partial charge in [0.25, 0.3) is 0 Å². The van der Waals surface area contributed by atoms with E-state index in [0.717, 1.165) is 95.9 Å². The van der Waals surface area contributed by atoms with Crippen LogP contribution >= 0.6 is 0 Å². The zero-order valence-electron chi connectivity index (χ0n) is 56.2. The van der Waals surface area contributed by atoms with Gasteiger partial charge in [0, 0.05) is 253 Å². The van der Waals surface area contributed by atoms with Crippen LogP contribution < -0.4 is 15.5 Å². The maximum absolute atomic E-state index is 12.9. The Morgan fingerprint density at radius 1 is 0.606 bits per heavy atom. The topological polar surface area (TPSA) is 246 Å². The third-order valence-electron chi connectivity index (χ3n) is 13.8. The van der Waals surface area contributed by atoms with Crippen LogP contribution in [0.5, 0.6) is 0 Å². The third kappa shape index (κ3) is 29.8. The molecule has 6 aromatic carbocycles. The quantitative estimate of drug-likeness (QED) is 0.0288. The number of ketones is 2. The lowest BCUT2D eigenvalue weighted by atomic mass is 9.89. The van der Waals surface area contributed by atoms with E-state index >= 15 is 0 Å². The number of Topliss-reactive ketones (excluding diaryl/α,β-unsaturated/α-hetero) is 2. The van der Waals surface area contributed by atoms with Crippen molar-refractivity contribution in [2.45, 2.75) is 119 Å². The summed E-state index contributed by atoms with van der Waals surface area (Å²) in [4.78, 5) is 77.2.